The van der Waals surface area contributed by atoms with Crippen LogP contribution in [0.5, 0.6) is 23.0 Å². The van der Waals surface area contributed by atoms with Gasteiger partial charge in [-0.25, -0.2) is 9.59 Å². The summed E-state index contributed by atoms with van der Waals surface area (Å²) in [4.78, 5) is 26.5. The summed E-state index contributed by atoms with van der Waals surface area (Å²) in [6.45, 7) is 4.14. The van der Waals surface area contributed by atoms with E-state index in [0.717, 1.165) is 67.2 Å². The van der Waals surface area contributed by atoms with E-state index < -0.39 is 11.9 Å². The standard InChI is InChI=1S/C47H47NO8/c1-29-4-6-32-22-33(8-7-31(32)20-29)35-12-16-41(39(24-35)27-48)55-47(50)38-13-17-42(44(26-38)51-2)56-46(49)37-10-9-36-25-40(14-11-34(36)23-37)53-19-3-18-52-28-30-5-15-43-45(21-30)54-43/h4,6,9-14,16-17,20,23-27,30,33,43,45,48H,3,5,7-8,15,18-19,21-22,28H2,1-2H3. The van der Waals surface area contributed by atoms with Gasteiger partial charge >= 0.3 is 11.9 Å². The molecule has 9 heteroatoms. The minimum atomic E-state index is -0.619. The number of carbonyl (C=O) groups is 2. The first-order chi connectivity index (χ1) is 27.3. The zero-order valence-corrected chi connectivity index (χ0v) is 31.9. The summed E-state index contributed by atoms with van der Waals surface area (Å²) in [6.07, 6.45) is 9.47. The summed E-state index contributed by atoms with van der Waals surface area (Å²) in [5.41, 5.74) is 6.28. The van der Waals surface area contributed by atoms with Gasteiger partial charge in [0.05, 0.1) is 37.1 Å². The Morgan fingerprint density at radius 3 is 2.39 bits per heavy atom. The quantitative estimate of drug-likeness (QED) is 0.0392. The van der Waals surface area contributed by atoms with Crippen LogP contribution in [0.2, 0.25) is 0 Å². The van der Waals surface area contributed by atoms with Gasteiger partial charge in [-0.15, -0.1) is 0 Å². The van der Waals surface area contributed by atoms with Crippen molar-refractivity contribution >= 4 is 28.9 Å². The Balaban J connectivity index is 0.844. The number of hydrogen-bond donors (Lipinski definition) is 1. The summed E-state index contributed by atoms with van der Waals surface area (Å²) in [5, 5.41) is 9.84. The number of nitrogens with one attached hydrogen (secondary N) is 1. The molecule has 0 radical (unpaired) electrons. The number of fused-ring (bicyclic) bond motifs is 3. The van der Waals surface area contributed by atoms with Gasteiger partial charge in [0.2, 0.25) is 0 Å². The lowest BCUT2D eigenvalue weighted by Crippen LogP contribution is -2.19. The van der Waals surface area contributed by atoms with E-state index in [1.54, 1.807) is 18.2 Å². The molecular weight excluding hydrogens is 707 g/mol. The molecule has 1 N–H and O–H groups in total. The van der Waals surface area contributed by atoms with Gasteiger partial charge in [-0.3, -0.25) is 0 Å². The van der Waals surface area contributed by atoms with Crippen molar-refractivity contribution < 1.29 is 38.0 Å². The van der Waals surface area contributed by atoms with Gasteiger partial charge < -0.3 is 33.8 Å². The second kappa shape index (κ2) is 16.7. The van der Waals surface area contributed by atoms with Gasteiger partial charge in [0.15, 0.2) is 11.5 Å². The van der Waals surface area contributed by atoms with Crippen molar-refractivity contribution in [1.82, 2.24) is 0 Å². The fourth-order valence-electron chi connectivity index (χ4n) is 8.07. The van der Waals surface area contributed by atoms with Crippen LogP contribution in [0, 0.1) is 18.3 Å². The highest BCUT2D eigenvalue weighted by Gasteiger charge is 2.43. The number of epoxide rings is 1. The number of rotatable bonds is 14. The van der Waals surface area contributed by atoms with Gasteiger partial charge in [0.1, 0.15) is 11.5 Å². The molecule has 5 aromatic carbocycles. The highest BCUT2D eigenvalue weighted by molar-refractivity contribution is 5.97. The molecule has 1 heterocycles. The fourth-order valence-corrected chi connectivity index (χ4v) is 8.07. The Labute approximate surface area is 327 Å². The molecule has 0 spiro atoms. The summed E-state index contributed by atoms with van der Waals surface area (Å²) < 4.78 is 34.5. The van der Waals surface area contributed by atoms with E-state index in [0.29, 0.717) is 54.1 Å². The third-order valence-corrected chi connectivity index (χ3v) is 11.3. The van der Waals surface area contributed by atoms with Gasteiger partial charge in [0, 0.05) is 31.4 Å². The molecule has 2 aliphatic carbocycles. The van der Waals surface area contributed by atoms with Crippen molar-refractivity contribution in [3.63, 3.8) is 0 Å². The first-order valence-corrected chi connectivity index (χ1v) is 19.6. The van der Waals surface area contributed by atoms with Crippen LogP contribution in [0.25, 0.3) is 10.8 Å². The molecule has 9 nitrogen and oxygen atoms in total. The summed E-state index contributed by atoms with van der Waals surface area (Å²) in [7, 11) is 1.44. The van der Waals surface area contributed by atoms with Crippen LogP contribution >= 0.6 is 0 Å². The topological polar surface area (TPSA) is 117 Å². The molecule has 8 rings (SSSR count). The molecule has 1 saturated heterocycles. The Hall–Kier alpha value is -5.51. The third kappa shape index (κ3) is 8.64. The van der Waals surface area contributed by atoms with Crippen LogP contribution in [0.1, 0.15) is 86.6 Å². The second-order valence-corrected chi connectivity index (χ2v) is 15.2. The third-order valence-electron chi connectivity index (χ3n) is 11.3. The predicted octanol–water partition coefficient (Wildman–Crippen LogP) is 9.22. The number of methoxy groups -OCH3 is 1. The van der Waals surface area contributed by atoms with E-state index in [1.165, 1.54) is 54.6 Å². The number of aryl methyl sites for hydroxylation is 2. The normalized spacial score (nSPS) is 19.7. The number of esters is 2. The van der Waals surface area contributed by atoms with Crippen LogP contribution in [0.15, 0.2) is 91.0 Å². The monoisotopic (exact) mass is 753 g/mol. The Bertz CT molecular complexity index is 2270. The Kier molecular flexibility index (Phi) is 11.2. The molecule has 3 aliphatic rings. The van der Waals surface area contributed by atoms with Gasteiger partial charge in [-0.05, 0) is 139 Å². The van der Waals surface area contributed by atoms with E-state index in [4.69, 9.17) is 33.8 Å². The van der Waals surface area contributed by atoms with Crippen molar-refractivity contribution in [3.8, 4) is 23.0 Å². The highest BCUT2D eigenvalue weighted by atomic mass is 16.6. The van der Waals surface area contributed by atoms with Gasteiger partial charge in [-0.1, -0.05) is 42.0 Å². The lowest BCUT2D eigenvalue weighted by Gasteiger charge is -2.26. The molecule has 2 fully saturated rings. The van der Waals surface area contributed by atoms with Crippen molar-refractivity contribution in [3.05, 3.63) is 130 Å². The van der Waals surface area contributed by atoms with Crippen LogP contribution in [-0.4, -0.2) is 57.3 Å². The highest BCUT2D eigenvalue weighted by Crippen LogP contribution is 2.40. The Morgan fingerprint density at radius 2 is 1.55 bits per heavy atom. The molecule has 0 amide bonds. The second-order valence-electron chi connectivity index (χ2n) is 15.2. The van der Waals surface area contributed by atoms with Crippen molar-refractivity contribution in [1.29, 1.82) is 5.41 Å². The fraction of sp³-hybridized carbons (Fsp3) is 0.340. The number of benzene rings is 5. The van der Waals surface area contributed by atoms with Gasteiger partial charge in [-0.2, -0.15) is 0 Å². The van der Waals surface area contributed by atoms with E-state index in [1.807, 2.05) is 36.4 Å². The minimum absolute atomic E-state index is 0.167. The van der Waals surface area contributed by atoms with E-state index in [2.05, 4.69) is 25.1 Å². The minimum Gasteiger partial charge on any atom is -0.493 e. The molecular formula is C47H47NO8. The maximum Gasteiger partial charge on any atom is 0.343 e. The first kappa shape index (κ1) is 37.4. The van der Waals surface area contributed by atoms with Crippen LogP contribution in [-0.2, 0) is 22.3 Å². The molecule has 0 aromatic heterocycles. The largest absolute Gasteiger partial charge is 0.493 e. The van der Waals surface area contributed by atoms with Crippen molar-refractivity contribution in [2.75, 3.05) is 26.9 Å². The number of carbonyl (C=O) groups excluding carboxylic acids is 2. The summed E-state index contributed by atoms with van der Waals surface area (Å²) in [6, 6.07) is 28.0. The molecule has 56 heavy (non-hydrogen) atoms. The smallest absolute Gasteiger partial charge is 0.343 e. The first-order valence-electron chi connectivity index (χ1n) is 19.6. The SMILES string of the molecule is COc1cc(C(=O)Oc2ccc(C3CCc4cc(C)ccc4C3)cc2C=N)ccc1OC(=O)c1ccc2cc(OCCCOCC3CCC4OC4C3)ccc2c1. The molecule has 1 saturated carbocycles. The molecule has 5 aromatic rings. The molecule has 288 valence electrons. The van der Waals surface area contributed by atoms with E-state index in [9.17, 15) is 9.59 Å². The lowest BCUT2D eigenvalue weighted by molar-refractivity contribution is 0.0728. The molecule has 4 atom stereocenters. The van der Waals surface area contributed by atoms with Gasteiger partial charge in [0.25, 0.3) is 0 Å². The van der Waals surface area contributed by atoms with E-state index >= 15 is 0 Å². The zero-order chi connectivity index (χ0) is 38.6. The Morgan fingerprint density at radius 1 is 0.768 bits per heavy atom. The number of ether oxygens (including phenoxy) is 6. The van der Waals surface area contributed by atoms with Crippen LogP contribution in [0.3, 0.4) is 0 Å². The summed E-state index contributed by atoms with van der Waals surface area (Å²) in [5.74, 6) is 1.18. The lowest BCUT2D eigenvalue weighted by atomic mass is 9.79. The average molecular weight is 754 g/mol. The molecule has 4 unspecified atom stereocenters. The maximum atomic E-state index is 13.3. The average Bonchev–Trinajstić information content (AvgIpc) is 4.01. The van der Waals surface area contributed by atoms with Crippen LogP contribution in [0.4, 0.5) is 0 Å². The molecule has 1 aliphatic heterocycles. The van der Waals surface area contributed by atoms with Crippen molar-refractivity contribution in [2.45, 2.75) is 70.0 Å². The molecule has 0 bridgehead atoms. The maximum absolute atomic E-state index is 13.3. The van der Waals surface area contributed by atoms with E-state index in [-0.39, 0.29) is 17.1 Å². The zero-order valence-electron chi connectivity index (χ0n) is 31.9. The van der Waals surface area contributed by atoms with Crippen molar-refractivity contribution in [2.24, 2.45) is 5.92 Å². The summed E-state index contributed by atoms with van der Waals surface area (Å²) >= 11 is 0. The number of hydrogen-bond acceptors (Lipinski definition) is 9. The predicted molar refractivity (Wildman–Crippen MR) is 214 cm³/mol. The van der Waals surface area contributed by atoms with Crippen LogP contribution < -0.4 is 18.9 Å².